The highest BCUT2D eigenvalue weighted by molar-refractivity contribution is 7.11. The van der Waals surface area contributed by atoms with E-state index in [0.29, 0.717) is 29.7 Å². The third-order valence-electron chi connectivity index (χ3n) is 5.64. The molecule has 1 aromatic carbocycles. The van der Waals surface area contributed by atoms with Crippen LogP contribution in [-0.2, 0) is 19.1 Å². The summed E-state index contributed by atoms with van der Waals surface area (Å²) in [6.07, 6.45) is 1.01. The van der Waals surface area contributed by atoms with Gasteiger partial charge in [-0.3, -0.25) is 14.7 Å². The Bertz CT molecular complexity index is 1150. The fourth-order valence-corrected chi connectivity index (χ4v) is 4.65. The molecule has 1 saturated heterocycles. The zero-order valence-electron chi connectivity index (χ0n) is 18.3. The number of rotatable bonds is 6. The molecule has 1 aromatic heterocycles. The number of halogens is 2. The third-order valence-corrected chi connectivity index (χ3v) is 6.42. The van der Waals surface area contributed by atoms with Crippen molar-refractivity contribution in [1.29, 1.82) is 0 Å². The highest BCUT2D eigenvalue weighted by Crippen LogP contribution is 2.34. The van der Waals surface area contributed by atoms with Crippen molar-refractivity contribution in [2.24, 2.45) is 4.99 Å². The van der Waals surface area contributed by atoms with Crippen LogP contribution in [0.15, 0.2) is 46.0 Å². The molecule has 3 heterocycles. The first-order valence-electron chi connectivity index (χ1n) is 10.4. The molecule has 2 N–H and O–H groups in total. The van der Waals surface area contributed by atoms with Gasteiger partial charge in [0.25, 0.3) is 0 Å². The molecular formula is C22H22F2N4O5S. The van der Waals surface area contributed by atoms with Crippen LogP contribution < -0.4 is 5.32 Å². The zero-order chi connectivity index (χ0) is 24.4. The molecule has 0 bridgehead atoms. The molecule has 0 aliphatic carbocycles. The minimum absolute atomic E-state index is 0.0275. The first-order valence-corrected chi connectivity index (χ1v) is 11.3. The van der Waals surface area contributed by atoms with Crippen LogP contribution in [0, 0.1) is 11.6 Å². The summed E-state index contributed by atoms with van der Waals surface area (Å²) in [5, 5.41) is 15.1. The monoisotopic (exact) mass is 492 g/mol. The first-order chi connectivity index (χ1) is 16.3. The van der Waals surface area contributed by atoms with Crippen LogP contribution in [0.4, 0.5) is 8.78 Å². The number of aliphatic imine (C=N–C) groups is 1. The van der Waals surface area contributed by atoms with E-state index in [1.54, 1.807) is 23.4 Å². The smallest absolute Gasteiger partial charge is 0.338 e. The molecule has 9 nitrogen and oxygen atoms in total. The second-order valence-corrected chi connectivity index (χ2v) is 8.62. The molecule has 0 unspecified atom stereocenters. The lowest BCUT2D eigenvalue weighted by Crippen LogP contribution is -2.56. The Balaban J connectivity index is 1.82. The van der Waals surface area contributed by atoms with Crippen molar-refractivity contribution in [3.05, 3.63) is 63.3 Å². The Labute approximate surface area is 197 Å². The summed E-state index contributed by atoms with van der Waals surface area (Å²) in [7, 11) is 1.20. The number of nitrogens with one attached hydrogen (secondary N) is 1. The summed E-state index contributed by atoms with van der Waals surface area (Å²) >= 11 is 1.30. The van der Waals surface area contributed by atoms with Gasteiger partial charge in [0.1, 0.15) is 12.1 Å². The van der Waals surface area contributed by atoms with E-state index >= 15 is 0 Å². The summed E-state index contributed by atoms with van der Waals surface area (Å²) in [6.45, 7) is 2.31. The number of aliphatic carboxylic acids is 1. The number of carboxylic acids is 1. The molecule has 4 rings (SSSR count). The van der Waals surface area contributed by atoms with Gasteiger partial charge in [0.15, 0.2) is 22.5 Å². The molecule has 2 aliphatic heterocycles. The van der Waals surface area contributed by atoms with Gasteiger partial charge in [-0.15, -0.1) is 11.3 Å². The van der Waals surface area contributed by atoms with Crippen molar-refractivity contribution in [1.82, 2.24) is 15.2 Å². The number of morpholine rings is 1. The van der Waals surface area contributed by atoms with Gasteiger partial charge < -0.3 is 19.9 Å². The Morgan fingerprint density at radius 1 is 1.35 bits per heavy atom. The van der Waals surface area contributed by atoms with E-state index in [9.17, 15) is 23.5 Å². The summed E-state index contributed by atoms with van der Waals surface area (Å²) in [4.78, 5) is 35.3. The number of carbonyl (C=O) groups is 2. The van der Waals surface area contributed by atoms with Gasteiger partial charge >= 0.3 is 11.9 Å². The number of hydrogen-bond acceptors (Lipinski definition) is 9. The van der Waals surface area contributed by atoms with E-state index in [-0.39, 0.29) is 17.7 Å². The highest BCUT2D eigenvalue weighted by atomic mass is 32.1. The highest BCUT2D eigenvalue weighted by Gasteiger charge is 2.39. The van der Waals surface area contributed by atoms with Crippen molar-refractivity contribution >= 4 is 29.1 Å². The largest absolute Gasteiger partial charge is 0.480 e. The summed E-state index contributed by atoms with van der Waals surface area (Å²) in [5.74, 6) is -3.58. The molecule has 3 atom stereocenters. The van der Waals surface area contributed by atoms with Crippen LogP contribution in [0.2, 0.25) is 0 Å². The standard InChI is InChI=1S/C22H22F2N4O5S/c1-11-18(21(29)30)28(6-7-33-11)10-15-16(22(31)32-2)17(12-3-4-13(23)14(24)9-12)27-19(26-15)20-25-5-8-34-20/h3-5,8-9,11,17-18H,6-7,10H2,1-2H3,(H,26,27)(H,29,30)/t11-,17+,18+/m1/s1. The molecule has 12 heteroatoms. The molecule has 180 valence electrons. The predicted octanol–water partition coefficient (Wildman–Crippen LogP) is 2.11. The van der Waals surface area contributed by atoms with Crippen LogP contribution in [0.1, 0.15) is 23.5 Å². The maximum atomic E-state index is 14.1. The van der Waals surface area contributed by atoms with E-state index < -0.39 is 41.8 Å². The molecule has 0 radical (unpaired) electrons. The summed E-state index contributed by atoms with van der Waals surface area (Å²) in [6, 6.07) is 1.30. The summed E-state index contributed by atoms with van der Waals surface area (Å²) < 4.78 is 38.2. The topological polar surface area (TPSA) is 113 Å². The van der Waals surface area contributed by atoms with E-state index in [1.807, 2.05) is 0 Å². The van der Waals surface area contributed by atoms with Gasteiger partial charge in [0, 0.05) is 30.4 Å². The Morgan fingerprint density at radius 2 is 2.15 bits per heavy atom. The van der Waals surface area contributed by atoms with Gasteiger partial charge in [0.05, 0.1) is 25.4 Å². The second-order valence-electron chi connectivity index (χ2n) is 7.73. The lowest BCUT2D eigenvalue weighted by molar-refractivity contribution is -0.155. The summed E-state index contributed by atoms with van der Waals surface area (Å²) in [5.41, 5.74) is 0.636. The Kier molecular flexibility index (Phi) is 7.00. The van der Waals surface area contributed by atoms with E-state index in [4.69, 9.17) is 9.47 Å². The van der Waals surface area contributed by atoms with Crippen LogP contribution in [-0.4, -0.2) is 71.7 Å². The molecular weight excluding hydrogens is 470 g/mol. The third kappa shape index (κ3) is 4.69. The molecule has 34 heavy (non-hydrogen) atoms. The lowest BCUT2D eigenvalue weighted by atomic mass is 9.94. The zero-order valence-corrected chi connectivity index (χ0v) is 19.1. The van der Waals surface area contributed by atoms with E-state index in [0.717, 1.165) is 12.1 Å². The van der Waals surface area contributed by atoms with Crippen LogP contribution in [0.3, 0.4) is 0 Å². The number of methoxy groups -OCH3 is 1. The molecule has 2 aliphatic rings. The number of benzene rings is 1. The van der Waals surface area contributed by atoms with E-state index in [2.05, 4.69) is 15.3 Å². The van der Waals surface area contributed by atoms with Crippen molar-refractivity contribution in [2.45, 2.75) is 25.1 Å². The van der Waals surface area contributed by atoms with Crippen LogP contribution in [0.25, 0.3) is 0 Å². The number of nitrogens with zero attached hydrogens (tertiary/aromatic N) is 3. The molecule has 1 fully saturated rings. The predicted molar refractivity (Wildman–Crippen MR) is 118 cm³/mol. The Hall–Kier alpha value is -3.22. The fraction of sp³-hybridized carbons (Fsp3) is 0.364. The maximum Gasteiger partial charge on any atom is 0.338 e. The normalized spacial score (nSPS) is 23.3. The van der Waals surface area contributed by atoms with Gasteiger partial charge in [-0.1, -0.05) is 6.07 Å². The first kappa shape index (κ1) is 23.9. The van der Waals surface area contributed by atoms with Gasteiger partial charge in [-0.05, 0) is 24.6 Å². The minimum atomic E-state index is -1.08. The quantitative estimate of drug-likeness (QED) is 0.590. The van der Waals surface area contributed by atoms with Gasteiger partial charge in [0.2, 0.25) is 0 Å². The van der Waals surface area contributed by atoms with Gasteiger partial charge in [-0.25, -0.2) is 18.6 Å². The number of hydrogen-bond donors (Lipinski definition) is 2. The van der Waals surface area contributed by atoms with Crippen LogP contribution in [0.5, 0.6) is 0 Å². The molecule has 0 spiro atoms. The molecule has 2 aromatic rings. The van der Waals surface area contributed by atoms with Crippen molar-refractivity contribution in [2.75, 3.05) is 26.8 Å². The van der Waals surface area contributed by atoms with Gasteiger partial charge in [-0.2, -0.15) is 0 Å². The number of carbonyl (C=O) groups excluding carboxylic acids is 1. The maximum absolute atomic E-state index is 14.1. The number of ether oxygens (including phenoxy) is 2. The fourth-order valence-electron chi connectivity index (χ4n) is 4.06. The number of carboxylic acid groups (broad SMARTS) is 1. The number of thiazole rings is 1. The van der Waals surface area contributed by atoms with Crippen LogP contribution >= 0.6 is 11.3 Å². The average molecular weight is 493 g/mol. The number of aromatic nitrogens is 1. The molecule has 0 amide bonds. The second kappa shape index (κ2) is 9.95. The van der Waals surface area contributed by atoms with Crippen molar-refractivity contribution in [3.63, 3.8) is 0 Å². The van der Waals surface area contributed by atoms with Crippen molar-refractivity contribution in [3.8, 4) is 0 Å². The lowest BCUT2D eigenvalue weighted by Gasteiger charge is -2.38. The van der Waals surface area contributed by atoms with E-state index in [1.165, 1.54) is 24.5 Å². The number of esters is 1. The average Bonchev–Trinajstić information content (AvgIpc) is 3.35. The Morgan fingerprint density at radius 3 is 2.79 bits per heavy atom. The number of amidine groups is 1. The van der Waals surface area contributed by atoms with Crippen molar-refractivity contribution < 1.29 is 33.0 Å². The SMILES string of the molecule is COC(=O)C1=C(CN2CCO[C@H](C)[C@H]2C(=O)O)NC(c2nccs2)=N[C@H]1c1ccc(F)c(F)c1. The molecule has 0 saturated carbocycles. The minimum Gasteiger partial charge on any atom is -0.480 e.